The van der Waals surface area contributed by atoms with Crippen molar-refractivity contribution in [1.29, 1.82) is 0 Å². The Labute approximate surface area is 97.6 Å². The zero-order chi connectivity index (χ0) is 11.4. The van der Waals surface area contributed by atoms with Gasteiger partial charge in [-0.15, -0.1) is 0 Å². The highest BCUT2D eigenvalue weighted by Gasteiger charge is 2.12. The Morgan fingerprint density at radius 3 is 2.60 bits per heavy atom. The molecule has 0 saturated heterocycles. The molecule has 15 heavy (non-hydrogen) atoms. The van der Waals surface area contributed by atoms with Gasteiger partial charge in [0.2, 0.25) is 0 Å². The fraction of sp³-hybridized carbons (Fsp3) is 0.538. The number of halogens is 1. The summed E-state index contributed by atoms with van der Waals surface area (Å²) in [6.45, 7) is 6.36. The Balaban J connectivity index is 2.72. The maximum atomic E-state index is 6.18. The third-order valence-corrected chi connectivity index (χ3v) is 3.30. The topological polar surface area (TPSA) is 26.0 Å². The van der Waals surface area contributed by atoms with Crippen LogP contribution < -0.4 is 5.73 Å². The molecular weight excluding hydrogens is 206 g/mol. The minimum absolute atomic E-state index is 0.266. The van der Waals surface area contributed by atoms with Crippen LogP contribution >= 0.6 is 11.6 Å². The number of benzene rings is 1. The van der Waals surface area contributed by atoms with E-state index in [-0.39, 0.29) is 6.04 Å². The first-order valence-electron chi connectivity index (χ1n) is 5.55. The lowest BCUT2D eigenvalue weighted by Gasteiger charge is -2.18. The van der Waals surface area contributed by atoms with Gasteiger partial charge < -0.3 is 5.73 Å². The number of rotatable bonds is 4. The van der Waals surface area contributed by atoms with Gasteiger partial charge in [0.25, 0.3) is 0 Å². The third kappa shape index (κ3) is 3.51. The lowest BCUT2D eigenvalue weighted by Crippen LogP contribution is -2.28. The molecule has 2 heteroatoms. The average molecular weight is 226 g/mol. The summed E-state index contributed by atoms with van der Waals surface area (Å²) in [6, 6.07) is 6.49. The molecule has 0 spiro atoms. The monoisotopic (exact) mass is 225 g/mol. The van der Waals surface area contributed by atoms with Gasteiger partial charge in [-0.25, -0.2) is 0 Å². The van der Waals surface area contributed by atoms with Gasteiger partial charge in [-0.1, -0.05) is 37.6 Å². The molecule has 84 valence electrons. The maximum absolute atomic E-state index is 6.18. The van der Waals surface area contributed by atoms with Crippen LogP contribution in [-0.4, -0.2) is 6.04 Å². The second kappa shape index (κ2) is 5.53. The van der Waals surface area contributed by atoms with E-state index in [0.717, 1.165) is 17.9 Å². The first-order chi connectivity index (χ1) is 7.04. The Morgan fingerprint density at radius 2 is 2.07 bits per heavy atom. The Hall–Kier alpha value is -0.530. The van der Waals surface area contributed by atoms with Crippen LogP contribution in [0, 0.1) is 12.8 Å². The highest BCUT2D eigenvalue weighted by Crippen LogP contribution is 2.22. The smallest absolute Gasteiger partial charge is 0.0440 e. The van der Waals surface area contributed by atoms with Gasteiger partial charge in [0, 0.05) is 11.1 Å². The minimum Gasteiger partial charge on any atom is -0.327 e. The molecule has 0 heterocycles. The molecule has 0 fully saturated rings. The van der Waals surface area contributed by atoms with Crippen LogP contribution in [0.4, 0.5) is 0 Å². The molecule has 0 amide bonds. The van der Waals surface area contributed by atoms with E-state index in [1.54, 1.807) is 0 Å². The highest BCUT2D eigenvalue weighted by atomic mass is 35.5. The maximum Gasteiger partial charge on any atom is 0.0440 e. The van der Waals surface area contributed by atoms with Gasteiger partial charge >= 0.3 is 0 Å². The molecule has 1 aromatic rings. The molecule has 0 aliphatic carbocycles. The fourth-order valence-corrected chi connectivity index (χ4v) is 2.03. The van der Waals surface area contributed by atoms with Crippen LogP contribution in [0.15, 0.2) is 18.2 Å². The molecule has 1 nitrogen and oxygen atoms in total. The fourth-order valence-electron chi connectivity index (χ4n) is 1.72. The second-order valence-electron chi connectivity index (χ2n) is 4.35. The van der Waals surface area contributed by atoms with Gasteiger partial charge in [-0.2, -0.15) is 0 Å². The largest absolute Gasteiger partial charge is 0.327 e. The van der Waals surface area contributed by atoms with Crippen molar-refractivity contribution in [2.45, 2.75) is 39.7 Å². The number of hydrogen-bond acceptors (Lipinski definition) is 1. The van der Waals surface area contributed by atoms with Crippen LogP contribution in [0.3, 0.4) is 0 Å². The van der Waals surface area contributed by atoms with Crippen molar-refractivity contribution in [2.24, 2.45) is 11.7 Å². The quantitative estimate of drug-likeness (QED) is 0.833. The average Bonchev–Trinajstić information content (AvgIpc) is 2.20. The predicted molar refractivity (Wildman–Crippen MR) is 67.3 cm³/mol. The van der Waals surface area contributed by atoms with Crippen LogP contribution in [0.2, 0.25) is 5.02 Å². The van der Waals surface area contributed by atoms with E-state index in [0.29, 0.717) is 5.92 Å². The van der Waals surface area contributed by atoms with E-state index in [1.165, 1.54) is 11.1 Å². The van der Waals surface area contributed by atoms with Gasteiger partial charge in [0.1, 0.15) is 0 Å². The van der Waals surface area contributed by atoms with E-state index >= 15 is 0 Å². The molecule has 0 bridgehead atoms. The summed E-state index contributed by atoms with van der Waals surface area (Å²) in [5, 5.41) is 0.866. The van der Waals surface area contributed by atoms with Crippen LogP contribution in [0.25, 0.3) is 0 Å². The zero-order valence-corrected chi connectivity index (χ0v) is 10.5. The lowest BCUT2D eigenvalue weighted by atomic mass is 9.92. The van der Waals surface area contributed by atoms with Crippen molar-refractivity contribution >= 4 is 11.6 Å². The molecule has 0 aromatic heterocycles. The summed E-state index contributed by atoms with van der Waals surface area (Å²) >= 11 is 6.18. The Bertz CT molecular complexity index is 322. The second-order valence-corrected chi connectivity index (χ2v) is 4.76. The Kier molecular flexibility index (Phi) is 4.62. The van der Waals surface area contributed by atoms with Crippen LogP contribution in [0.5, 0.6) is 0 Å². The number of nitrogens with two attached hydrogens (primary N) is 1. The van der Waals surface area contributed by atoms with E-state index < -0.39 is 0 Å². The summed E-state index contributed by atoms with van der Waals surface area (Å²) in [4.78, 5) is 0. The van der Waals surface area contributed by atoms with E-state index in [9.17, 15) is 0 Å². The van der Waals surface area contributed by atoms with Crippen molar-refractivity contribution < 1.29 is 0 Å². The van der Waals surface area contributed by atoms with E-state index in [2.05, 4.69) is 32.9 Å². The molecule has 0 aliphatic rings. The molecule has 2 atom stereocenters. The van der Waals surface area contributed by atoms with E-state index in [1.807, 2.05) is 6.07 Å². The van der Waals surface area contributed by atoms with E-state index in [4.69, 9.17) is 17.3 Å². The summed E-state index contributed by atoms with van der Waals surface area (Å²) in [5.41, 5.74) is 8.41. The first-order valence-corrected chi connectivity index (χ1v) is 5.93. The van der Waals surface area contributed by atoms with Gasteiger partial charge in [-0.05, 0) is 42.9 Å². The standard InChI is InChI=1S/C13H20ClN/c1-4-13(15)10(3)8-11-6-5-9(2)7-12(11)14/h5-7,10,13H,4,8,15H2,1-3H3. The predicted octanol–water partition coefficient (Wildman–Crippen LogP) is 3.56. The van der Waals surface area contributed by atoms with Crippen LogP contribution in [-0.2, 0) is 6.42 Å². The summed E-state index contributed by atoms with van der Waals surface area (Å²) < 4.78 is 0. The summed E-state index contributed by atoms with van der Waals surface area (Å²) in [6.07, 6.45) is 1.98. The molecule has 1 aromatic carbocycles. The molecule has 2 unspecified atom stereocenters. The molecule has 0 radical (unpaired) electrons. The normalized spacial score (nSPS) is 15.0. The van der Waals surface area contributed by atoms with Crippen LogP contribution in [0.1, 0.15) is 31.4 Å². The molecule has 0 saturated carbocycles. The minimum atomic E-state index is 0.266. The summed E-state index contributed by atoms with van der Waals surface area (Å²) in [7, 11) is 0. The molecule has 0 aliphatic heterocycles. The molecular formula is C13H20ClN. The number of aryl methyl sites for hydroxylation is 1. The van der Waals surface area contributed by atoms with Crippen molar-refractivity contribution in [1.82, 2.24) is 0 Å². The van der Waals surface area contributed by atoms with Crippen molar-refractivity contribution in [3.63, 3.8) is 0 Å². The Morgan fingerprint density at radius 1 is 1.40 bits per heavy atom. The molecule has 2 N–H and O–H groups in total. The first kappa shape index (κ1) is 12.5. The van der Waals surface area contributed by atoms with Crippen molar-refractivity contribution in [2.75, 3.05) is 0 Å². The zero-order valence-electron chi connectivity index (χ0n) is 9.76. The highest BCUT2D eigenvalue weighted by molar-refractivity contribution is 6.31. The van der Waals surface area contributed by atoms with Gasteiger partial charge in [0.05, 0.1) is 0 Å². The van der Waals surface area contributed by atoms with Crippen molar-refractivity contribution in [3.8, 4) is 0 Å². The van der Waals surface area contributed by atoms with Crippen molar-refractivity contribution in [3.05, 3.63) is 34.3 Å². The lowest BCUT2D eigenvalue weighted by molar-refractivity contribution is 0.442. The van der Waals surface area contributed by atoms with Gasteiger partial charge in [0.15, 0.2) is 0 Å². The third-order valence-electron chi connectivity index (χ3n) is 2.95. The SMILES string of the molecule is CCC(N)C(C)Cc1ccc(C)cc1Cl. The number of hydrogen-bond donors (Lipinski definition) is 1. The van der Waals surface area contributed by atoms with Gasteiger partial charge in [-0.3, -0.25) is 0 Å². The molecule has 1 rings (SSSR count). The summed E-state index contributed by atoms with van der Waals surface area (Å²) in [5.74, 6) is 0.482.